The molecule has 0 aliphatic carbocycles. The minimum Gasteiger partial charge on any atom is -0.387 e. The van der Waals surface area contributed by atoms with E-state index in [1.54, 1.807) is 25.1 Å². The van der Waals surface area contributed by atoms with Crippen LogP contribution in [0.15, 0.2) is 12.2 Å². The maximum Gasteiger partial charge on any atom is 0.469 e. The van der Waals surface area contributed by atoms with Gasteiger partial charge in [0.25, 0.3) is 0 Å². The molecule has 7 heteroatoms. The average Bonchev–Trinajstić information content (AvgIpc) is 2.57. The Morgan fingerprint density at radius 2 is 1.41 bits per heavy atom. The standard InChI is InChI=1S/C20H42NO5P/c1-4-5-6-7-8-9-10-11-12-13-14-15-16-17-20(22)19(21(2)3)18-26-27(23,24)25/h16-17,19-20,22H,4-15,18H2,1-3H3,(H2,23,24,25)/b17-16+/t19-,20+/m0/s1. The molecule has 3 N–H and O–H groups in total. The van der Waals surface area contributed by atoms with Crippen molar-refractivity contribution in [1.82, 2.24) is 4.90 Å². The topological polar surface area (TPSA) is 90.2 Å². The number of aliphatic hydroxyl groups is 1. The number of aliphatic hydroxyl groups excluding tert-OH is 1. The normalized spacial score (nSPS) is 14.9. The van der Waals surface area contributed by atoms with Gasteiger partial charge in [-0.2, -0.15) is 0 Å². The van der Waals surface area contributed by atoms with Crippen molar-refractivity contribution < 1.29 is 24.0 Å². The second-order valence-electron chi connectivity index (χ2n) is 7.56. The molecule has 0 saturated heterocycles. The Morgan fingerprint density at radius 1 is 0.926 bits per heavy atom. The summed E-state index contributed by atoms with van der Waals surface area (Å²) in [7, 11) is -1.03. The SMILES string of the molecule is CCCCCCCCCCCCC/C=C/[C@@H](O)[C@H](COP(=O)(O)O)N(C)C. The molecule has 162 valence electrons. The molecule has 0 bridgehead atoms. The number of hydrogen-bond acceptors (Lipinski definition) is 4. The Morgan fingerprint density at radius 3 is 1.85 bits per heavy atom. The van der Waals surface area contributed by atoms with E-state index < -0.39 is 20.0 Å². The molecule has 0 saturated carbocycles. The Kier molecular flexibility index (Phi) is 16.6. The van der Waals surface area contributed by atoms with Crippen LogP contribution in [-0.4, -0.2) is 52.6 Å². The summed E-state index contributed by atoms with van der Waals surface area (Å²) < 4.78 is 15.3. The minimum atomic E-state index is -4.52. The van der Waals surface area contributed by atoms with Crippen LogP contribution >= 0.6 is 7.82 Å². The van der Waals surface area contributed by atoms with E-state index in [0.29, 0.717) is 0 Å². The first-order valence-electron chi connectivity index (χ1n) is 10.5. The van der Waals surface area contributed by atoms with E-state index in [-0.39, 0.29) is 6.61 Å². The third kappa shape index (κ3) is 17.6. The Balaban J connectivity index is 3.74. The fourth-order valence-corrected chi connectivity index (χ4v) is 3.36. The molecule has 0 spiro atoms. The van der Waals surface area contributed by atoms with Gasteiger partial charge >= 0.3 is 7.82 Å². The van der Waals surface area contributed by atoms with Crippen molar-refractivity contribution in [2.24, 2.45) is 0 Å². The van der Waals surface area contributed by atoms with Crippen LogP contribution in [0.3, 0.4) is 0 Å². The van der Waals surface area contributed by atoms with E-state index in [1.165, 1.54) is 64.2 Å². The lowest BCUT2D eigenvalue weighted by Gasteiger charge is -2.27. The number of unbranched alkanes of at least 4 members (excludes halogenated alkanes) is 11. The zero-order valence-electron chi connectivity index (χ0n) is 17.6. The molecule has 0 unspecified atom stereocenters. The lowest BCUT2D eigenvalue weighted by atomic mass is 10.0. The molecule has 27 heavy (non-hydrogen) atoms. The Hall–Kier alpha value is -0.230. The predicted octanol–water partition coefficient (Wildman–Crippen LogP) is 4.64. The number of hydrogen-bond donors (Lipinski definition) is 3. The van der Waals surface area contributed by atoms with Gasteiger partial charge in [-0.05, 0) is 26.9 Å². The van der Waals surface area contributed by atoms with Crippen LogP contribution in [0.2, 0.25) is 0 Å². The lowest BCUT2D eigenvalue weighted by Crippen LogP contribution is -2.41. The molecular formula is C20H42NO5P. The predicted molar refractivity (Wildman–Crippen MR) is 112 cm³/mol. The molecule has 0 aliphatic rings. The number of phosphoric acid groups is 1. The van der Waals surface area contributed by atoms with Crippen molar-refractivity contribution in [3.63, 3.8) is 0 Å². The van der Waals surface area contributed by atoms with Crippen LogP contribution < -0.4 is 0 Å². The first-order valence-corrected chi connectivity index (χ1v) is 12.0. The molecule has 0 radical (unpaired) electrons. The highest BCUT2D eigenvalue weighted by molar-refractivity contribution is 7.46. The van der Waals surface area contributed by atoms with Gasteiger partial charge in [0.15, 0.2) is 0 Å². The Labute approximate surface area is 166 Å². The fraction of sp³-hybridized carbons (Fsp3) is 0.900. The number of likely N-dealkylation sites (N-methyl/N-ethyl adjacent to an activating group) is 1. The molecule has 0 aliphatic heterocycles. The summed E-state index contributed by atoms with van der Waals surface area (Å²) >= 11 is 0. The highest BCUT2D eigenvalue weighted by Gasteiger charge is 2.24. The van der Waals surface area contributed by atoms with E-state index in [9.17, 15) is 9.67 Å². The summed E-state index contributed by atoms with van der Waals surface area (Å²) in [6.07, 6.45) is 18.1. The van der Waals surface area contributed by atoms with Crippen LogP contribution in [-0.2, 0) is 9.09 Å². The molecule has 0 heterocycles. The van der Waals surface area contributed by atoms with Crippen molar-refractivity contribution in [3.05, 3.63) is 12.2 Å². The maximum absolute atomic E-state index is 10.8. The molecule has 0 aromatic heterocycles. The van der Waals surface area contributed by atoms with Gasteiger partial charge in [-0.25, -0.2) is 4.57 Å². The summed E-state index contributed by atoms with van der Waals surface area (Å²) in [6.45, 7) is 2.03. The summed E-state index contributed by atoms with van der Waals surface area (Å²) in [5.41, 5.74) is 0. The molecule has 0 rings (SSSR count). The third-order valence-corrected chi connectivity index (χ3v) is 5.26. The zero-order valence-corrected chi connectivity index (χ0v) is 18.4. The lowest BCUT2D eigenvalue weighted by molar-refractivity contribution is 0.0630. The number of allylic oxidation sites excluding steroid dienone is 1. The minimum absolute atomic E-state index is 0.221. The average molecular weight is 408 g/mol. The van der Waals surface area contributed by atoms with Gasteiger partial charge in [0.05, 0.1) is 18.8 Å². The quantitative estimate of drug-likeness (QED) is 0.174. The summed E-state index contributed by atoms with van der Waals surface area (Å²) in [5, 5.41) is 10.2. The summed E-state index contributed by atoms with van der Waals surface area (Å²) in [5.74, 6) is 0. The van der Waals surface area contributed by atoms with Crippen LogP contribution in [0.25, 0.3) is 0 Å². The highest BCUT2D eigenvalue weighted by atomic mass is 31.2. The third-order valence-electron chi connectivity index (χ3n) is 4.78. The second kappa shape index (κ2) is 16.7. The first kappa shape index (κ1) is 26.8. The van der Waals surface area contributed by atoms with E-state index in [1.807, 2.05) is 6.08 Å². The molecule has 0 fully saturated rings. The fourth-order valence-electron chi connectivity index (χ4n) is 3.02. The van der Waals surface area contributed by atoms with Crippen molar-refractivity contribution >= 4 is 7.82 Å². The largest absolute Gasteiger partial charge is 0.469 e. The van der Waals surface area contributed by atoms with Gasteiger partial charge in [0, 0.05) is 0 Å². The smallest absolute Gasteiger partial charge is 0.387 e. The Bertz CT molecular complexity index is 411. The maximum atomic E-state index is 10.8. The summed E-state index contributed by atoms with van der Waals surface area (Å²) in [6, 6.07) is -0.494. The van der Waals surface area contributed by atoms with E-state index >= 15 is 0 Å². The van der Waals surface area contributed by atoms with Gasteiger partial charge in [0.1, 0.15) is 0 Å². The van der Waals surface area contributed by atoms with Gasteiger partial charge < -0.3 is 19.8 Å². The molecule has 0 aromatic carbocycles. The summed E-state index contributed by atoms with van der Waals surface area (Å²) in [4.78, 5) is 19.3. The van der Waals surface area contributed by atoms with Gasteiger partial charge in [-0.1, -0.05) is 83.3 Å². The molecule has 2 atom stereocenters. The van der Waals surface area contributed by atoms with Crippen molar-refractivity contribution in [2.75, 3.05) is 20.7 Å². The van der Waals surface area contributed by atoms with Crippen LogP contribution in [0, 0.1) is 0 Å². The monoisotopic (exact) mass is 407 g/mol. The van der Waals surface area contributed by atoms with Gasteiger partial charge in [0.2, 0.25) is 0 Å². The van der Waals surface area contributed by atoms with Gasteiger partial charge in [-0.15, -0.1) is 0 Å². The van der Waals surface area contributed by atoms with Crippen LogP contribution in [0.1, 0.15) is 84.0 Å². The van der Waals surface area contributed by atoms with Crippen molar-refractivity contribution in [3.8, 4) is 0 Å². The zero-order chi connectivity index (χ0) is 20.5. The van der Waals surface area contributed by atoms with E-state index in [0.717, 1.165) is 12.8 Å². The van der Waals surface area contributed by atoms with Gasteiger partial charge in [-0.3, -0.25) is 4.52 Å². The first-order chi connectivity index (χ1) is 12.8. The molecule has 0 aromatic rings. The van der Waals surface area contributed by atoms with Crippen LogP contribution in [0.4, 0.5) is 0 Å². The molecule has 6 nitrogen and oxygen atoms in total. The number of phosphoric ester groups is 1. The van der Waals surface area contributed by atoms with E-state index in [4.69, 9.17) is 9.79 Å². The number of rotatable bonds is 18. The molecular weight excluding hydrogens is 365 g/mol. The number of nitrogens with zero attached hydrogens (tertiary/aromatic N) is 1. The van der Waals surface area contributed by atoms with E-state index in [2.05, 4.69) is 11.4 Å². The van der Waals surface area contributed by atoms with Crippen molar-refractivity contribution in [2.45, 2.75) is 96.1 Å². The second-order valence-corrected chi connectivity index (χ2v) is 8.80. The highest BCUT2D eigenvalue weighted by Crippen LogP contribution is 2.36. The van der Waals surface area contributed by atoms with Crippen molar-refractivity contribution in [1.29, 1.82) is 0 Å². The molecule has 0 amide bonds. The van der Waals surface area contributed by atoms with Crippen LogP contribution in [0.5, 0.6) is 0 Å².